The van der Waals surface area contributed by atoms with Crippen LogP contribution in [0.25, 0.3) is 5.57 Å². The van der Waals surface area contributed by atoms with Gasteiger partial charge in [-0.1, -0.05) is 32.0 Å². The second-order valence-electron chi connectivity index (χ2n) is 3.43. The lowest BCUT2D eigenvalue weighted by molar-refractivity contribution is -0.104. The van der Waals surface area contributed by atoms with Gasteiger partial charge in [0.25, 0.3) is 0 Å². The van der Waals surface area contributed by atoms with E-state index in [9.17, 15) is 9.90 Å². The van der Waals surface area contributed by atoms with E-state index < -0.39 is 0 Å². The van der Waals surface area contributed by atoms with Crippen molar-refractivity contribution in [2.45, 2.75) is 13.8 Å². The van der Waals surface area contributed by atoms with Gasteiger partial charge in [0, 0.05) is 5.56 Å². The van der Waals surface area contributed by atoms with Crippen molar-refractivity contribution in [3.05, 3.63) is 35.9 Å². The molecule has 14 heavy (non-hydrogen) atoms. The van der Waals surface area contributed by atoms with E-state index in [-0.39, 0.29) is 11.7 Å². The van der Waals surface area contributed by atoms with Gasteiger partial charge in [-0.3, -0.25) is 4.79 Å². The maximum absolute atomic E-state index is 10.4. The molecule has 1 rings (SSSR count). The first-order valence-corrected chi connectivity index (χ1v) is 4.60. The number of allylic oxidation sites excluding steroid dienone is 2. The topological polar surface area (TPSA) is 37.3 Å². The fourth-order valence-corrected chi connectivity index (χ4v) is 1.38. The van der Waals surface area contributed by atoms with E-state index in [1.165, 1.54) is 6.08 Å². The van der Waals surface area contributed by atoms with Crippen molar-refractivity contribution in [3.8, 4) is 5.75 Å². The summed E-state index contributed by atoms with van der Waals surface area (Å²) in [5, 5.41) is 9.60. The van der Waals surface area contributed by atoms with E-state index in [1.54, 1.807) is 12.1 Å². The second-order valence-corrected chi connectivity index (χ2v) is 3.43. The van der Waals surface area contributed by atoms with Crippen molar-refractivity contribution in [3.63, 3.8) is 0 Å². The molecule has 0 atom stereocenters. The number of aldehydes is 1. The van der Waals surface area contributed by atoms with Crippen molar-refractivity contribution in [1.82, 2.24) is 0 Å². The van der Waals surface area contributed by atoms with E-state index in [2.05, 4.69) is 0 Å². The molecule has 74 valence electrons. The number of carbonyl (C=O) groups is 1. The quantitative estimate of drug-likeness (QED) is 0.587. The molecule has 0 aliphatic rings. The smallest absolute Gasteiger partial charge is 0.143 e. The van der Waals surface area contributed by atoms with Crippen molar-refractivity contribution in [1.29, 1.82) is 0 Å². The molecule has 0 aliphatic carbocycles. The first-order valence-electron chi connectivity index (χ1n) is 4.60. The fourth-order valence-electron chi connectivity index (χ4n) is 1.38. The Morgan fingerprint density at radius 2 is 2.00 bits per heavy atom. The van der Waals surface area contributed by atoms with E-state index >= 15 is 0 Å². The molecular formula is C12H14O2. The minimum absolute atomic E-state index is 0.216. The summed E-state index contributed by atoms with van der Waals surface area (Å²) < 4.78 is 0. The average Bonchev–Trinajstić information content (AvgIpc) is 2.15. The normalized spacial score (nSPS) is 11.8. The van der Waals surface area contributed by atoms with Crippen LogP contribution < -0.4 is 0 Å². The van der Waals surface area contributed by atoms with Gasteiger partial charge in [0.2, 0.25) is 0 Å². The first-order chi connectivity index (χ1) is 6.66. The van der Waals surface area contributed by atoms with Gasteiger partial charge < -0.3 is 5.11 Å². The van der Waals surface area contributed by atoms with Crippen LogP contribution in [0.3, 0.4) is 0 Å². The van der Waals surface area contributed by atoms with Crippen LogP contribution in [0.15, 0.2) is 30.3 Å². The van der Waals surface area contributed by atoms with Crippen molar-refractivity contribution < 1.29 is 9.90 Å². The number of phenols is 1. The maximum Gasteiger partial charge on any atom is 0.143 e. The Balaban J connectivity index is 3.19. The number of aromatic hydroxyl groups is 1. The molecule has 0 heterocycles. The van der Waals surface area contributed by atoms with Crippen LogP contribution in [-0.2, 0) is 4.79 Å². The van der Waals surface area contributed by atoms with Crippen LogP contribution in [0.5, 0.6) is 5.75 Å². The zero-order valence-electron chi connectivity index (χ0n) is 8.40. The van der Waals surface area contributed by atoms with Crippen molar-refractivity contribution >= 4 is 11.9 Å². The number of hydrogen-bond donors (Lipinski definition) is 1. The minimum atomic E-state index is 0.216. The molecule has 0 fully saturated rings. The lowest BCUT2D eigenvalue weighted by Gasteiger charge is -2.11. The number of phenolic OH excluding ortho intramolecular Hbond substituents is 1. The van der Waals surface area contributed by atoms with Gasteiger partial charge in [0.05, 0.1) is 0 Å². The number of hydrogen-bond acceptors (Lipinski definition) is 2. The van der Waals surface area contributed by atoms with E-state index in [0.29, 0.717) is 0 Å². The predicted molar refractivity (Wildman–Crippen MR) is 57.0 cm³/mol. The molecule has 1 N–H and O–H groups in total. The number of rotatable bonds is 3. The second kappa shape index (κ2) is 4.61. The summed E-state index contributed by atoms with van der Waals surface area (Å²) >= 11 is 0. The highest BCUT2D eigenvalue weighted by atomic mass is 16.3. The van der Waals surface area contributed by atoms with Crippen LogP contribution >= 0.6 is 0 Å². The minimum Gasteiger partial charge on any atom is -0.507 e. The molecule has 2 nitrogen and oxygen atoms in total. The van der Waals surface area contributed by atoms with Crippen LogP contribution in [0.4, 0.5) is 0 Å². The molecule has 0 unspecified atom stereocenters. The van der Waals surface area contributed by atoms with Crippen molar-refractivity contribution in [2.24, 2.45) is 5.92 Å². The third kappa shape index (κ3) is 2.22. The summed E-state index contributed by atoms with van der Waals surface area (Å²) in [5.41, 5.74) is 1.59. The molecule has 1 aromatic rings. The van der Waals surface area contributed by atoms with E-state index in [1.807, 2.05) is 26.0 Å². The fraction of sp³-hybridized carbons (Fsp3) is 0.250. The molecule has 0 saturated heterocycles. The van der Waals surface area contributed by atoms with Gasteiger partial charge in [-0.2, -0.15) is 0 Å². The molecule has 0 aromatic heterocycles. The lowest BCUT2D eigenvalue weighted by atomic mass is 9.94. The molecule has 0 radical (unpaired) electrons. The van der Waals surface area contributed by atoms with Crippen molar-refractivity contribution in [2.75, 3.05) is 0 Å². The highest BCUT2D eigenvalue weighted by Gasteiger charge is 2.09. The average molecular weight is 190 g/mol. The SMILES string of the molecule is CC(C)/C(=C/C=O)c1ccccc1O. The summed E-state index contributed by atoms with van der Waals surface area (Å²) in [6.07, 6.45) is 2.25. The molecule has 2 heteroatoms. The molecule has 0 saturated carbocycles. The molecule has 1 aromatic carbocycles. The highest BCUT2D eigenvalue weighted by Crippen LogP contribution is 2.29. The van der Waals surface area contributed by atoms with E-state index in [4.69, 9.17) is 0 Å². The summed E-state index contributed by atoms with van der Waals surface area (Å²) in [4.78, 5) is 10.4. The van der Waals surface area contributed by atoms with Gasteiger partial charge in [0.15, 0.2) is 0 Å². The van der Waals surface area contributed by atoms with Gasteiger partial charge in [0.1, 0.15) is 12.0 Å². The predicted octanol–water partition coefficient (Wildman–Crippen LogP) is 2.63. The third-order valence-electron chi connectivity index (χ3n) is 2.08. The summed E-state index contributed by atoms with van der Waals surface area (Å²) in [6, 6.07) is 7.04. The Hall–Kier alpha value is -1.57. The Bertz CT molecular complexity index is 351. The summed E-state index contributed by atoms with van der Waals surface area (Å²) in [5.74, 6) is 0.433. The largest absolute Gasteiger partial charge is 0.507 e. The molecule has 0 aliphatic heterocycles. The van der Waals surface area contributed by atoms with Gasteiger partial charge in [-0.15, -0.1) is 0 Å². The monoisotopic (exact) mass is 190 g/mol. The zero-order chi connectivity index (χ0) is 10.6. The zero-order valence-corrected chi connectivity index (χ0v) is 8.40. The first kappa shape index (κ1) is 10.5. The summed E-state index contributed by atoms with van der Waals surface area (Å²) in [6.45, 7) is 3.98. The van der Waals surface area contributed by atoms with Crippen LogP contribution in [-0.4, -0.2) is 11.4 Å². The number of benzene rings is 1. The maximum atomic E-state index is 10.4. The highest BCUT2D eigenvalue weighted by molar-refractivity contribution is 5.83. The number of carbonyl (C=O) groups excluding carboxylic acids is 1. The Labute approximate surface area is 83.9 Å². The lowest BCUT2D eigenvalue weighted by Crippen LogP contribution is -1.94. The van der Waals surface area contributed by atoms with Gasteiger partial charge in [-0.25, -0.2) is 0 Å². The Morgan fingerprint density at radius 3 is 2.50 bits per heavy atom. The summed E-state index contributed by atoms with van der Waals surface area (Å²) in [7, 11) is 0. The number of para-hydroxylation sites is 1. The molecule has 0 bridgehead atoms. The molecular weight excluding hydrogens is 176 g/mol. The van der Waals surface area contributed by atoms with Crippen LogP contribution in [0.1, 0.15) is 19.4 Å². The Morgan fingerprint density at radius 1 is 1.36 bits per heavy atom. The standard InChI is InChI=1S/C12H14O2/c1-9(2)10(7-8-13)11-5-3-4-6-12(11)14/h3-9,14H,1-2H3/b10-7-. The van der Waals surface area contributed by atoms with Gasteiger partial charge in [-0.05, 0) is 23.6 Å². The molecule has 0 amide bonds. The van der Waals surface area contributed by atoms with Crippen LogP contribution in [0.2, 0.25) is 0 Å². The van der Waals surface area contributed by atoms with Gasteiger partial charge >= 0.3 is 0 Å². The van der Waals surface area contributed by atoms with E-state index in [0.717, 1.165) is 17.4 Å². The molecule has 0 spiro atoms. The Kier molecular flexibility index (Phi) is 3.46. The third-order valence-corrected chi connectivity index (χ3v) is 2.08. The van der Waals surface area contributed by atoms with Crippen LogP contribution in [0, 0.1) is 5.92 Å².